The highest BCUT2D eigenvalue weighted by atomic mass is 79.9. The van der Waals surface area contributed by atoms with E-state index < -0.39 is 93.6 Å². The first-order chi connectivity index (χ1) is 22.9. The zero-order chi connectivity index (χ0) is 36.4. The lowest BCUT2D eigenvalue weighted by Crippen LogP contribution is -2.29. The molecule has 2 aromatic carbocycles. The van der Waals surface area contributed by atoms with Crippen LogP contribution in [0.2, 0.25) is 19.6 Å². The van der Waals surface area contributed by atoms with Crippen LogP contribution in [0.5, 0.6) is 23.0 Å². The van der Waals surface area contributed by atoms with Crippen LogP contribution >= 0.6 is 15.9 Å². The molecule has 19 heteroatoms. The fourth-order valence-corrected chi connectivity index (χ4v) is 6.89. The second-order valence-corrected chi connectivity index (χ2v) is 18.4. The van der Waals surface area contributed by atoms with Crippen molar-refractivity contribution in [3.8, 4) is 45.6 Å². The van der Waals surface area contributed by atoms with Gasteiger partial charge in [0, 0.05) is 18.2 Å². The predicted molar refractivity (Wildman–Crippen MR) is 175 cm³/mol. The van der Waals surface area contributed by atoms with Crippen molar-refractivity contribution in [2.75, 3.05) is 20.7 Å². The average molecular weight is 794 g/mol. The fraction of sp³-hybridized carbons (Fsp3) is 0.267. The molecule has 0 radical (unpaired) electrons. The van der Waals surface area contributed by atoms with E-state index in [1.54, 1.807) is 0 Å². The number of carbonyl (C=O) groups is 2. The number of rotatable bonds is 10. The minimum absolute atomic E-state index is 0.0661. The lowest BCUT2D eigenvalue weighted by molar-refractivity contribution is -0.121. The Morgan fingerprint density at radius 2 is 1.37 bits per heavy atom. The summed E-state index contributed by atoms with van der Waals surface area (Å²) in [6.45, 7) is 5.43. The third kappa shape index (κ3) is 8.22. The Hall–Kier alpha value is -4.49. The van der Waals surface area contributed by atoms with Crippen LogP contribution in [-0.4, -0.2) is 55.0 Å². The molecular formula is C30H29BrF4N2O10SSi. The number of alkyl halides is 1. The number of hydrogen-bond acceptors (Lipinski definition) is 10. The number of benzene rings is 2. The Kier molecular flexibility index (Phi) is 11.1. The monoisotopic (exact) mass is 792 g/mol. The van der Waals surface area contributed by atoms with E-state index in [1.807, 2.05) is 19.6 Å². The summed E-state index contributed by atoms with van der Waals surface area (Å²) < 4.78 is 97.5. The van der Waals surface area contributed by atoms with Crippen molar-refractivity contribution in [1.29, 1.82) is 0 Å². The van der Waals surface area contributed by atoms with E-state index in [1.165, 1.54) is 18.2 Å². The van der Waals surface area contributed by atoms with Crippen LogP contribution < -0.4 is 14.0 Å². The number of hydrogen-bond donors (Lipinski definition) is 4. The molecule has 49 heavy (non-hydrogen) atoms. The highest BCUT2D eigenvalue weighted by Gasteiger charge is 2.38. The van der Waals surface area contributed by atoms with E-state index in [2.05, 4.69) is 20.7 Å². The maximum atomic E-state index is 14.1. The maximum absolute atomic E-state index is 14.1. The van der Waals surface area contributed by atoms with Gasteiger partial charge >= 0.3 is 0 Å². The summed E-state index contributed by atoms with van der Waals surface area (Å²) in [6, 6.07) is 6.54. The van der Waals surface area contributed by atoms with Gasteiger partial charge in [-0.25, -0.2) is 35.6 Å². The summed E-state index contributed by atoms with van der Waals surface area (Å²) in [5, 5.41) is 30.6. The molecule has 0 atom stereocenters. The molecule has 0 bridgehead atoms. The third-order valence-electron chi connectivity index (χ3n) is 6.53. The number of furan rings is 2. The van der Waals surface area contributed by atoms with Crippen LogP contribution in [-0.2, 0) is 19.6 Å². The molecule has 1 fully saturated rings. The van der Waals surface area contributed by atoms with Gasteiger partial charge in [0.15, 0.2) is 34.8 Å². The number of halogens is 5. The smallest absolute Gasteiger partial charge is 0.256 e. The molecule has 12 nitrogen and oxygen atoms in total. The van der Waals surface area contributed by atoms with E-state index >= 15 is 0 Å². The van der Waals surface area contributed by atoms with Gasteiger partial charge in [-0.15, -0.1) is 0 Å². The fourth-order valence-electron chi connectivity index (χ4n) is 4.39. The molecule has 1 aliphatic rings. The highest BCUT2D eigenvalue weighted by Crippen LogP contribution is 2.49. The molecule has 4 aromatic rings. The van der Waals surface area contributed by atoms with Crippen molar-refractivity contribution in [3.05, 3.63) is 59.7 Å². The number of carbonyl (C=O) groups excluding carboxylic acids is 2. The summed E-state index contributed by atoms with van der Waals surface area (Å²) in [5.41, 5.74) is -0.794. The molecule has 2 amide bonds. The van der Waals surface area contributed by atoms with Gasteiger partial charge in [-0.2, -0.15) is 0 Å². The normalized spacial score (nSPS) is 13.4. The van der Waals surface area contributed by atoms with Gasteiger partial charge in [-0.05, 0) is 50.3 Å². The SMILES string of the molecule is C[Si](C)(C)Oc1c(NS(=O)(=O)CCCBr)oc(-c2cccc(F)c2F)c1O.O=C1CCC(=O)N1c1oc(-c2cccc(F)c2F)c(O)c1O. The molecule has 264 valence electrons. The number of amides is 2. The van der Waals surface area contributed by atoms with Crippen molar-refractivity contribution in [2.45, 2.75) is 38.9 Å². The summed E-state index contributed by atoms with van der Waals surface area (Å²) >= 11 is 3.15. The number of nitrogens with zero attached hydrogens (tertiary/aromatic N) is 1. The van der Waals surface area contributed by atoms with Gasteiger partial charge in [-0.1, -0.05) is 28.1 Å². The molecular weight excluding hydrogens is 764 g/mol. The Labute approximate surface area is 286 Å². The first-order valence-corrected chi connectivity index (χ1v) is 20.5. The number of imide groups is 1. The number of aromatic hydroxyl groups is 3. The number of nitrogens with one attached hydrogen (secondary N) is 1. The van der Waals surface area contributed by atoms with E-state index in [4.69, 9.17) is 13.3 Å². The molecule has 1 saturated heterocycles. The summed E-state index contributed by atoms with van der Waals surface area (Å²) in [7, 11) is -6.10. The molecule has 2 aromatic heterocycles. The van der Waals surface area contributed by atoms with Gasteiger partial charge in [-0.3, -0.25) is 9.59 Å². The minimum Gasteiger partial charge on any atom is -0.538 e. The molecule has 3 heterocycles. The molecule has 0 aliphatic carbocycles. The Balaban J connectivity index is 0.000000225. The maximum Gasteiger partial charge on any atom is 0.256 e. The predicted octanol–water partition coefficient (Wildman–Crippen LogP) is 6.96. The minimum atomic E-state index is -3.80. The van der Waals surface area contributed by atoms with Crippen LogP contribution in [0.25, 0.3) is 22.6 Å². The molecule has 5 rings (SSSR count). The van der Waals surface area contributed by atoms with E-state index in [0.717, 1.165) is 18.2 Å². The van der Waals surface area contributed by atoms with Crippen molar-refractivity contribution >= 4 is 57.9 Å². The zero-order valence-electron chi connectivity index (χ0n) is 25.9. The quantitative estimate of drug-likeness (QED) is 0.0568. The van der Waals surface area contributed by atoms with E-state index in [9.17, 15) is 50.9 Å². The van der Waals surface area contributed by atoms with Crippen LogP contribution in [0.15, 0.2) is 45.2 Å². The molecule has 1 aliphatic heterocycles. The van der Waals surface area contributed by atoms with Gasteiger partial charge in [0.2, 0.25) is 53.2 Å². The van der Waals surface area contributed by atoms with Crippen LogP contribution in [0.1, 0.15) is 19.3 Å². The lowest BCUT2D eigenvalue weighted by atomic mass is 10.1. The Morgan fingerprint density at radius 1 is 0.857 bits per heavy atom. The average Bonchev–Trinajstić information content (AvgIpc) is 3.61. The molecule has 0 spiro atoms. The summed E-state index contributed by atoms with van der Waals surface area (Å²) in [5.74, 6) is -10.9. The van der Waals surface area contributed by atoms with Crippen molar-refractivity contribution in [2.24, 2.45) is 0 Å². The van der Waals surface area contributed by atoms with Crippen molar-refractivity contribution in [1.82, 2.24) is 0 Å². The Bertz CT molecular complexity index is 2000. The van der Waals surface area contributed by atoms with E-state index in [0.29, 0.717) is 16.7 Å². The second kappa shape index (κ2) is 14.5. The Morgan fingerprint density at radius 3 is 1.86 bits per heavy atom. The standard InChI is InChI=1S/C16H20BrF2NO5SSi.C14H9F2NO5/c1-27(2,3)25-15-13(21)14(10-6-4-7-11(18)12(10)19)24-16(15)20-26(22,23)9-5-8-17;15-7-3-1-2-6(10(7)16)13-11(20)12(21)14(22-13)17-8(18)4-5-9(17)19/h4,6-7,20-21H,5,8-9H2,1-3H3;1-3,20-21H,4-5H2. The van der Waals surface area contributed by atoms with Gasteiger partial charge in [0.1, 0.15) is 0 Å². The van der Waals surface area contributed by atoms with Gasteiger partial charge in [0.25, 0.3) is 11.8 Å². The van der Waals surface area contributed by atoms with Gasteiger partial charge < -0.3 is 28.6 Å². The van der Waals surface area contributed by atoms with Crippen LogP contribution in [0.4, 0.5) is 29.3 Å². The lowest BCUT2D eigenvalue weighted by Gasteiger charge is -2.19. The first kappa shape index (κ1) is 37.3. The largest absolute Gasteiger partial charge is 0.538 e. The molecule has 4 N–H and O–H groups in total. The summed E-state index contributed by atoms with van der Waals surface area (Å²) in [4.78, 5) is 23.8. The van der Waals surface area contributed by atoms with Crippen molar-refractivity contribution < 1.29 is 64.1 Å². The van der Waals surface area contributed by atoms with Gasteiger partial charge in [0.05, 0.1) is 16.9 Å². The first-order valence-electron chi connectivity index (χ1n) is 14.3. The molecule has 0 unspecified atom stereocenters. The summed E-state index contributed by atoms with van der Waals surface area (Å²) in [6.07, 6.45) is 0.213. The van der Waals surface area contributed by atoms with Crippen molar-refractivity contribution in [3.63, 3.8) is 0 Å². The van der Waals surface area contributed by atoms with Crippen LogP contribution in [0, 0.1) is 23.3 Å². The number of anilines is 2. The van der Waals surface area contributed by atoms with Crippen LogP contribution in [0.3, 0.4) is 0 Å². The second-order valence-electron chi connectivity index (χ2n) is 11.4. The number of sulfonamides is 1. The third-order valence-corrected chi connectivity index (χ3v) is 9.23. The molecule has 0 saturated carbocycles. The van der Waals surface area contributed by atoms with E-state index in [-0.39, 0.29) is 35.8 Å². The zero-order valence-corrected chi connectivity index (χ0v) is 29.3. The topological polar surface area (TPSA) is 180 Å². The highest BCUT2D eigenvalue weighted by molar-refractivity contribution is 9.09.